The first kappa shape index (κ1) is 24.7. The summed E-state index contributed by atoms with van der Waals surface area (Å²) in [5, 5.41) is 0. The Kier molecular flexibility index (Phi) is 8.93. The van der Waals surface area contributed by atoms with Gasteiger partial charge >= 0.3 is 0 Å². The summed E-state index contributed by atoms with van der Waals surface area (Å²) in [4.78, 5) is 2.26. The van der Waals surface area contributed by atoms with Crippen molar-refractivity contribution in [2.75, 3.05) is 0 Å². The molecule has 0 aromatic carbocycles. The molecule has 0 radical (unpaired) electrons. The van der Waals surface area contributed by atoms with Gasteiger partial charge < -0.3 is 4.43 Å². The topological polar surface area (TPSA) is 9.23 Å². The van der Waals surface area contributed by atoms with Crippen LogP contribution in [0.15, 0.2) is 10.6 Å². The van der Waals surface area contributed by atoms with E-state index in [-0.39, 0.29) is 5.60 Å². The van der Waals surface area contributed by atoms with Gasteiger partial charge in [0, 0.05) is 0 Å². The molecular formula is C25H47BrOSi. The van der Waals surface area contributed by atoms with Crippen LogP contribution < -0.4 is 0 Å². The van der Waals surface area contributed by atoms with Crippen molar-refractivity contribution in [2.24, 2.45) is 23.2 Å². The number of rotatable bonds is 10. The Morgan fingerprint density at radius 3 is 2.43 bits per heavy atom. The minimum atomic E-state index is -1.51. The van der Waals surface area contributed by atoms with E-state index < -0.39 is 8.32 Å². The lowest BCUT2D eigenvalue weighted by molar-refractivity contribution is 0.0705. The summed E-state index contributed by atoms with van der Waals surface area (Å²) >= 11 is 3.66. The molecule has 3 heteroatoms. The van der Waals surface area contributed by atoms with Crippen molar-refractivity contribution in [1.82, 2.24) is 0 Å². The molecule has 0 amide bonds. The number of allylic oxidation sites excluding steroid dienone is 1. The SMILES string of the molecule is CC[Si](CC)(CC)OC(C)(C)CCC[C@@H](C)C1CCC2/C(=C/Br)CCC[C@@]21C. The van der Waals surface area contributed by atoms with E-state index in [9.17, 15) is 0 Å². The van der Waals surface area contributed by atoms with Crippen molar-refractivity contribution in [1.29, 1.82) is 0 Å². The van der Waals surface area contributed by atoms with E-state index in [1.165, 1.54) is 69.5 Å². The molecule has 164 valence electrons. The van der Waals surface area contributed by atoms with E-state index in [0.717, 1.165) is 17.8 Å². The van der Waals surface area contributed by atoms with Gasteiger partial charge in [-0.15, -0.1) is 0 Å². The third-order valence-electron chi connectivity index (χ3n) is 8.73. The van der Waals surface area contributed by atoms with Crippen molar-refractivity contribution in [3.63, 3.8) is 0 Å². The largest absolute Gasteiger partial charge is 0.412 e. The van der Waals surface area contributed by atoms with E-state index in [2.05, 4.69) is 69.4 Å². The highest BCUT2D eigenvalue weighted by Gasteiger charge is 2.50. The van der Waals surface area contributed by atoms with Crippen molar-refractivity contribution < 1.29 is 4.43 Å². The lowest BCUT2D eigenvalue weighted by Gasteiger charge is -2.44. The van der Waals surface area contributed by atoms with Gasteiger partial charge in [0.15, 0.2) is 8.32 Å². The zero-order valence-corrected chi connectivity index (χ0v) is 22.5. The third-order valence-corrected chi connectivity index (χ3v) is 14.2. The Morgan fingerprint density at radius 1 is 1.21 bits per heavy atom. The Labute approximate surface area is 185 Å². The number of halogens is 1. The molecule has 2 unspecified atom stereocenters. The summed E-state index contributed by atoms with van der Waals surface area (Å²) in [6.07, 6.45) is 10.9. The maximum Gasteiger partial charge on any atom is 0.192 e. The Morgan fingerprint density at radius 2 is 1.86 bits per heavy atom. The molecule has 2 rings (SSSR count). The first-order valence-corrected chi connectivity index (χ1v) is 15.6. The molecule has 2 saturated carbocycles. The minimum Gasteiger partial charge on any atom is -0.412 e. The van der Waals surface area contributed by atoms with Crippen LogP contribution in [0, 0.1) is 23.2 Å². The molecule has 0 saturated heterocycles. The maximum atomic E-state index is 6.84. The van der Waals surface area contributed by atoms with Crippen molar-refractivity contribution in [3.8, 4) is 0 Å². The molecule has 28 heavy (non-hydrogen) atoms. The third kappa shape index (κ3) is 5.35. The zero-order chi connectivity index (χ0) is 21.0. The molecule has 0 spiro atoms. The van der Waals surface area contributed by atoms with Crippen LogP contribution in [-0.2, 0) is 4.43 Å². The van der Waals surface area contributed by atoms with Gasteiger partial charge in [-0.3, -0.25) is 0 Å². The predicted molar refractivity (Wildman–Crippen MR) is 131 cm³/mol. The summed E-state index contributed by atoms with van der Waals surface area (Å²) in [5.41, 5.74) is 2.28. The van der Waals surface area contributed by atoms with Gasteiger partial charge in [-0.1, -0.05) is 69.0 Å². The smallest absolute Gasteiger partial charge is 0.192 e. The van der Waals surface area contributed by atoms with Crippen LogP contribution in [0.1, 0.15) is 99.8 Å². The van der Waals surface area contributed by atoms with E-state index >= 15 is 0 Å². The molecule has 0 aromatic rings. The molecule has 2 aliphatic carbocycles. The number of fused-ring (bicyclic) bond motifs is 1. The monoisotopic (exact) mass is 470 g/mol. The summed E-state index contributed by atoms with van der Waals surface area (Å²) in [5.74, 6) is 2.57. The van der Waals surface area contributed by atoms with Crippen LogP contribution in [-0.4, -0.2) is 13.9 Å². The normalized spacial score (nSPS) is 31.2. The second-order valence-corrected chi connectivity index (χ2v) is 15.9. The van der Waals surface area contributed by atoms with E-state index in [4.69, 9.17) is 4.43 Å². The van der Waals surface area contributed by atoms with Crippen molar-refractivity contribution in [3.05, 3.63) is 10.6 Å². The minimum absolute atomic E-state index is 0.0484. The zero-order valence-electron chi connectivity index (χ0n) is 19.9. The average Bonchev–Trinajstić information content (AvgIpc) is 3.03. The fourth-order valence-corrected chi connectivity index (χ4v) is 10.6. The molecule has 0 aliphatic heterocycles. The van der Waals surface area contributed by atoms with Crippen LogP contribution in [0.2, 0.25) is 18.1 Å². The molecule has 0 N–H and O–H groups in total. The van der Waals surface area contributed by atoms with Crippen LogP contribution >= 0.6 is 15.9 Å². The second kappa shape index (κ2) is 10.1. The van der Waals surface area contributed by atoms with E-state index in [0.29, 0.717) is 5.41 Å². The highest BCUT2D eigenvalue weighted by Crippen LogP contribution is 2.60. The highest BCUT2D eigenvalue weighted by molar-refractivity contribution is 9.11. The Bertz CT molecular complexity index is 516. The lowest BCUT2D eigenvalue weighted by Crippen LogP contribution is -2.44. The summed E-state index contributed by atoms with van der Waals surface area (Å²) in [7, 11) is -1.51. The summed E-state index contributed by atoms with van der Waals surface area (Å²) < 4.78 is 6.84. The van der Waals surface area contributed by atoms with Gasteiger partial charge in [0.05, 0.1) is 5.60 Å². The first-order chi connectivity index (χ1) is 13.2. The van der Waals surface area contributed by atoms with Crippen LogP contribution in [0.5, 0.6) is 0 Å². The van der Waals surface area contributed by atoms with Crippen LogP contribution in [0.4, 0.5) is 0 Å². The van der Waals surface area contributed by atoms with E-state index in [1.807, 2.05) is 0 Å². The van der Waals surface area contributed by atoms with Gasteiger partial charge in [0.1, 0.15) is 0 Å². The Hall–Kier alpha value is 0.397. The molecule has 1 nitrogen and oxygen atoms in total. The van der Waals surface area contributed by atoms with Gasteiger partial charge in [0.2, 0.25) is 0 Å². The average molecular weight is 472 g/mol. The van der Waals surface area contributed by atoms with Gasteiger partial charge in [-0.25, -0.2) is 0 Å². The molecule has 2 fully saturated rings. The summed E-state index contributed by atoms with van der Waals surface area (Å²) in [6.45, 7) is 16.9. The molecule has 0 bridgehead atoms. The van der Waals surface area contributed by atoms with Gasteiger partial charge in [0.25, 0.3) is 0 Å². The van der Waals surface area contributed by atoms with Crippen LogP contribution in [0.25, 0.3) is 0 Å². The molecular weight excluding hydrogens is 424 g/mol. The number of hydrogen-bond acceptors (Lipinski definition) is 1. The van der Waals surface area contributed by atoms with Crippen molar-refractivity contribution in [2.45, 2.75) is 124 Å². The number of hydrogen-bond donors (Lipinski definition) is 0. The molecule has 0 heterocycles. The van der Waals surface area contributed by atoms with Gasteiger partial charge in [-0.05, 0) is 98.7 Å². The van der Waals surface area contributed by atoms with Crippen molar-refractivity contribution >= 4 is 24.2 Å². The maximum absolute atomic E-state index is 6.84. The molecule has 2 aliphatic rings. The highest BCUT2D eigenvalue weighted by atomic mass is 79.9. The van der Waals surface area contributed by atoms with Gasteiger partial charge in [-0.2, -0.15) is 0 Å². The fraction of sp³-hybridized carbons (Fsp3) is 0.920. The summed E-state index contributed by atoms with van der Waals surface area (Å²) in [6, 6.07) is 3.77. The molecule has 0 aromatic heterocycles. The van der Waals surface area contributed by atoms with E-state index in [1.54, 1.807) is 5.57 Å². The van der Waals surface area contributed by atoms with Crippen LogP contribution in [0.3, 0.4) is 0 Å². The Balaban J connectivity index is 1.91. The predicted octanol–water partition coefficient (Wildman–Crippen LogP) is 9.09. The second-order valence-electron chi connectivity index (χ2n) is 10.8. The molecule has 4 atom stereocenters. The lowest BCUT2D eigenvalue weighted by atomic mass is 9.61. The quantitative estimate of drug-likeness (QED) is 0.289. The first-order valence-electron chi connectivity index (χ1n) is 12.2. The standard InChI is InChI=1S/C25H47BrOSi/c1-8-28(9-2,10-3)27-24(5,6)17-11-13-20(4)22-15-16-23-21(19-26)14-12-18-25(22,23)7/h19-20,22-23H,8-18H2,1-7H3/b21-19+/t20-,22?,23?,25-/m1/s1. The fourth-order valence-electron chi connectivity index (χ4n) is 6.80.